The van der Waals surface area contributed by atoms with Gasteiger partial charge in [-0.3, -0.25) is 4.98 Å². The van der Waals surface area contributed by atoms with E-state index in [9.17, 15) is 14.7 Å². The lowest BCUT2D eigenvalue weighted by Crippen LogP contribution is -2.31. The summed E-state index contributed by atoms with van der Waals surface area (Å²) in [5.41, 5.74) is 0.774. The zero-order valence-electron chi connectivity index (χ0n) is 11.6. The molecule has 6 nitrogen and oxygen atoms in total. The number of thiophene rings is 1. The van der Waals surface area contributed by atoms with Crippen molar-refractivity contribution in [2.75, 3.05) is 13.6 Å². The van der Waals surface area contributed by atoms with Crippen LogP contribution < -0.4 is 9.75 Å². The highest BCUT2D eigenvalue weighted by molar-refractivity contribution is 7.08. The zero-order chi connectivity index (χ0) is 15.9. The summed E-state index contributed by atoms with van der Waals surface area (Å²) < 4.78 is 1.03. The van der Waals surface area contributed by atoms with Crippen LogP contribution >= 0.6 is 11.3 Å². The van der Waals surface area contributed by atoms with Gasteiger partial charge in [-0.25, -0.2) is 9.59 Å². The third-order valence-corrected chi connectivity index (χ3v) is 4.33. The molecular formula is C15H12N2O4S. The Hall–Kier alpha value is -2.67. The minimum absolute atomic E-state index is 0.104. The molecule has 0 atom stereocenters. The summed E-state index contributed by atoms with van der Waals surface area (Å²) in [6.07, 6.45) is 5.20. The van der Waals surface area contributed by atoms with Gasteiger partial charge in [0.05, 0.1) is 21.4 Å². The number of pyridine rings is 1. The number of rotatable bonds is 3. The van der Waals surface area contributed by atoms with E-state index in [0.29, 0.717) is 5.69 Å². The first-order chi connectivity index (χ1) is 10.5. The molecule has 1 aliphatic heterocycles. The number of carboxylic acids is 2. The molecule has 2 aromatic rings. The van der Waals surface area contributed by atoms with Crippen molar-refractivity contribution in [1.29, 1.82) is 0 Å². The molecule has 0 saturated carbocycles. The number of aromatic carboxylic acids is 2. The van der Waals surface area contributed by atoms with Crippen LogP contribution in [0.2, 0.25) is 0 Å². The molecule has 0 saturated heterocycles. The quantitative estimate of drug-likeness (QED) is 0.865. The summed E-state index contributed by atoms with van der Waals surface area (Å²) in [5.74, 6) is -2.39. The summed E-state index contributed by atoms with van der Waals surface area (Å²) in [5, 5.41) is 21.1. The molecule has 7 heteroatoms. The van der Waals surface area contributed by atoms with Gasteiger partial charge >= 0.3 is 11.9 Å². The van der Waals surface area contributed by atoms with Crippen LogP contribution in [0, 0.1) is 0 Å². The van der Waals surface area contributed by atoms with Crippen molar-refractivity contribution in [1.82, 2.24) is 9.88 Å². The van der Waals surface area contributed by atoms with Crippen LogP contribution in [0.1, 0.15) is 20.7 Å². The van der Waals surface area contributed by atoms with E-state index in [1.165, 1.54) is 17.5 Å². The van der Waals surface area contributed by atoms with Gasteiger partial charge in [-0.2, -0.15) is 0 Å². The molecule has 0 fully saturated rings. The van der Waals surface area contributed by atoms with Crippen molar-refractivity contribution >= 4 is 35.6 Å². The summed E-state index contributed by atoms with van der Waals surface area (Å²) >= 11 is 1.50. The van der Waals surface area contributed by atoms with Crippen LogP contribution in [0.5, 0.6) is 0 Å². The molecule has 2 N–H and O–H groups in total. The second kappa shape index (κ2) is 5.27. The third-order valence-electron chi connectivity index (χ3n) is 3.40. The first-order valence-corrected chi connectivity index (χ1v) is 7.32. The monoisotopic (exact) mass is 316 g/mol. The molecule has 0 bridgehead atoms. The highest BCUT2D eigenvalue weighted by Gasteiger charge is 2.19. The maximum Gasteiger partial charge on any atom is 0.337 e. The Morgan fingerprint density at radius 3 is 2.77 bits per heavy atom. The molecule has 0 unspecified atom stereocenters. The zero-order valence-corrected chi connectivity index (χ0v) is 12.4. The molecule has 2 aromatic heterocycles. The number of hydrogen-bond acceptors (Lipinski definition) is 5. The lowest BCUT2D eigenvalue weighted by molar-refractivity contribution is 0.0696. The van der Waals surface area contributed by atoms with E-state index in [1.54, 1.807) is 0 Å². The van der Waals surface area contributed by atoms with Crippen LogP contribution in [0.25, 0.3) is 23.5 Å². The van der Waals surface area contributed by atoms with E-state index in [4.69, 9.17) is 5.11 Å². The van der Waals surface area contributed by atoms with Crippen LogP contribution in [-0.4, -0.2) is 45.6 Å². The van der Waals surface area contributed by atoms with Crippen molar-refractivity contribution in [3.8, 4) is 11.3 Å². The number of carboxylic acid groups (broad SMARTS) is 2. The SMILES string of the molecule is CN1C=c2scc(-c3ncc(C(=O)O)cc3C(=O)O)c2=CC1. The van der Waals surface area contributed by atoms with Gasteiger partial charge in [0.1, 0.15) is 0 Å². The van der Waals surface area contributed by atoms with Crippen molar-refractivity contribution in [2.45, 2.75) is 0 Å². The normalized spacial score (nSPS) is 13.0. The van der Waals surface area contributed by atoms with Gasteiger partial charge in [0, 0.05) is 42.2 Å². The second-order valence-electron chi connectivity index (χ2n) is 4.93. The minimum Gasteiger partial charge on any atom is -0.478 e. The fourth-order valence-corrected chi connectivity index (χ4v) is 3.37. The Balaban J connectivity index is 2.24. The minimum atomic E-state index is -1.20. The summed E-state index contributed by atoms with van der Waals surface area (Å²) in [6, 6.07) is 1.15. The Bertz CT molecular complexity index is 901. The summed E-state index contributed by atoms with van der Waals surface area (Å²) in [4.78, 5) is 28.6. The standard InChI is InChI=1S/C15H12N2O4S/c1-17-3-2-9-11(7-22-12(9)6-17)13-10(15(20)21)4-8(5-16-13)14(18)19/h2,4-7H,3H2,1H3,(H,18,19)(H,20,21). The Morgan fingerprint density at radius 1 is 1.32 bits per heavy atom. The molecule has 3 rings (SSSR count). The van der Waals surface area contributed by atoms with Crippen LogP contribution in [0.15, 0.2) is 17.6 Å². The van der Waals surface area contributed by atoms with Crippen molar-refractivity contribution in [3.05, 3.63) is 38.5 Å². The average molecular weight is 316 g/mol. The van der Waals surface area contributed by atoms with Gasteiger partial charge in [-0.05, 0) is 6.07 Å². The van der Waals surface area contributed by atoms with E-state index in [2.05, 4.69) is 4.98 Å². The van der Waals surface area contributed by atoms with Gasteiger partial charge < -0.3 is 15.1 Å². The largest absolute Gasteiger partial charge is 0.478 e. The highest BCUT2D eigenvalue weighted by atomic mass is 32.1. The molecule has 1 aliphatic rings. The van der Waals surface area contributed by atoms with Gasteiger partial charge in [-0.1, -0.05) is 6.08 Å². The molecule has 3 heterocycles. The fraction of sp³-hybridized carbons (Fsp3) is 0.133. The van der Waals surface area contributed by atoms with Crippen molar-refractivity contribution in [3.63, 3.8) is 0 Å². The van der Waals surface area contributed by atoms with Gasteiger partial charge in [-0.15, -0.1) is 11.3 Å². The summed E-state index contributed by atoms with van der Waals surface area (Å²) in [6.45, 7) is 0.729. The van der Waals surface area contributed by atoms with Crippen molar-refractivity contribution in [2.24, 2.45) is 0 Å². The Morgan fingerprint density at radius 2 is 2.09 bits per heavy atom. The number of aromatic nitrogens is 1. The molecule has 0 radical (unpaired) electrons. The highest BCUT2D eigenvalue weighted by Crippen LogP contribution is 2.21. The van der Waals surface area contributed by atoms with E-state index < -0.39 is 11.9 Å². The van der Waals surface area contributed by atoms with Gasteiger partial charge in [0.25, 0.3) is 0 Å². The van der Waals surface area contributed by atoms with Crippen molar-refractivity contribution < 1.29 is 19.8 Å². The molecule has 0 amide bonds. The molecule has 0 aromatic carbocycles. The van der Waals surface area contributed by atoms with E-state index in [0.717, 1.165) is 27.9 Å². The maximum absolute atomic E-state index is 11.5. The van der Waals surface area contributed by atoms with Gasteiger partial charge in [0.2, 0.25) is 0 Å². The number of carbonyl (C=O) groups is 2. The van der Waals surface area contributed by atoms with Crippen LogP contribution in [-0.2, 0) is 0 Å². The smallest absolute Gasteiger partial charge is 0.337 e. The molecular weight excluding hydrogens is 304 g/mol. The molecule has 0 spiro atoms. The predicted octanol–water partition coefficient (Wildman–Crippen LogP) is 0.670. The molecule has 0 aliphatic carbocycles. The number of nitrogens with zero attached hydrogens (tertiary/aromatic N) is 2. The maximum atomic E-state index is 11.5. The first kappa shape index (κ1) is 14.3. The van der Waals surface area contributed by atoms with E-state index in [1.807, 2.05) is 29.6 Å². The lowest BCUT2D eigenvalue weighted by atomic mass is 10.0. The predicted molar refractivity (Wildman–Crippen MR) is 82.3 cm³/mol. The number of hydrogen-bond donors (Lipinski definition) is 2. The van der Waals surface area contributed by atoms with E-state index in [-0.39, 0.29) is 11.1 Å². The Kier molecular flexibility index (Phi) is 3.42. The molecule has 112 valence electrons. The topological polar surface area (TPSA) is 90.7 Å². The fourth-order valence-electron chi connectivity index (χ4n) is 2.32. The summed E-state index contributed by atoms with van der Waals surface area (Å²) in [7, 11) is 1.96. The van der Waals surface area contributed by atoms with Crippen LogP contribution in [0.4, 0.5) is 0 Å². The van der Waals surface area contributed by atoms with Gasteiger partial charge in [0.15, 0.2) is 0 Å². The number of fused-ring (bicyclic) bond motifs is 1. The Labute approximate surface area is 129 Å². The molecule has 22 heavy (non-hydrogen) atoms. The lowest BCUT2D eigenvalue weighted by Gasteiger charge is -2.13. The first-order valence-electron chi connectivity index (χ1n) is 6.44. The third kappa shape index (κ3) is 2.35. The second-order valence-corrected chi connectivity index (χ2v) is 5.84. The average Bonchev–Trinajstić information content (AvgIpc) is 2.89. The van der Waals surface area contributed by atoms with Crippen LogP contribution in [0.3, 0.4) is 0 Å². The van der Waals surface area contributed by atoms with E-state index >= 15 is 0 Å².